The fourth-order valence-electron chi connectivity index (χ4n) is 1.67. The highest BCUT2D eigenvalue weighted by atomic mass is 35.5. The molecule has 0 aliphatic heterocycles. The first-order valence-electron chi connectivity index (χ1n) is 5.45. The quantitative estimate of drug-likeness (QED) is 0.840. The number of ether oxygens (including phenoxy) is 1. The van der Waals surface area contributed by atoms with Gasteiger partial charge < -0.3 is 15.6 Å². The maximum absolute atomic E-state index is 9.08. The minimum atomic E-state index is 0.0904. The number of rotatable bonds is 6. The Morgan fingerprint density at radius 3 is 2.65 bits per heavy atom. The minimum Gasteiger partial charge on any atom is -0.495 e. The first-order valence-corrected chi connectivity index (χ1v) is 6.20. The molecule has 0 aromatic heterocycles. The van der Waals surface area contributed by atoms with Crippen molar-refractivity contribution in [2.75, 3.05) is 20.3 Å². The molecule has 0 fully saturated rings. The molecule has 3 N–H and O–H groups in total. The molecule has 0 heterocycles. The second kappa shape index (κ2) is 7.07. The normalized spacial score (nSPS) is 12.5. The molecule has 0 amide bonds. The van der Waals surface area contributed by atoms with Crippen molar-refractivity contribution in [3.8, 4) is 5.75 Å². The molecule has 1 rings (SSSR count). The maximum atomic E-state index is 9.08. The molecule has 1 atom stereocenters. The molecule has 0 aliphatic rings. The van der Waals surface area contributed by atoms with Crippen molar-refractivity contribution >= 4 is 23.2 Å². The summed E-state index contributed by atoms with van der Waals surface area (Å²) in [5.74, 6) is 0.738. The van der Waals surface area contributed by atoms with Gasteiger partial charge in [-0.2, -0.15) is 0 Å². The van der Waals surface area contributed by atoms with Crippen LogP contribution >= 0.6 is 23.2 Å². The monoisotopic (exact) mass is 277 g/mol. The molecule has 0 radical (unpaired) electrons. The zero-order valence-electron chi connectivity index (χ0n) is 9.75. The third-order valence-electron chi connectivity index (χ3n) is 2.70. The topological polar surface area (TPSA) is 55.5 Å². The van der Waals surface area contributed by atoms with Gasteiger partial charge in [0, 0.05) is 11.6 Å². The molecule has 1 aromatic rings. The smallest absolute Gasteiger partial charge is 0.140 e. The van der Waals surface area contributed by atoms with Crippen LogP contribution in [0.3, 0.4) is 0 Å². The third-order valence-corrected chi connectivity index (χ3v) is 3.20. The van der Waals surface area contributed by atoms with Crippen LogP contribution in [-0.4, -0.2) is 25.4 Å². The van der Waals surface area contributed by atoms with E-state index in [-0.39, 0.29) is 12.5 Å². The summed E-state index contributed by atoms with van der Waals surface area (Å²) < 4.78 is 5.25. The van der Waals surface area contributed by atoms with Gasteiger partial charge in [0.15, 0.2) is 0 Å². The standard InChI is InChI=1S/C12H17Cl2NO2/c1-17-12-9(3-2-8(6-15)7-16)4-10(13)5-11(12)14/h4-5,8,16H,2-3,6-7,15H2,1H3. The van der Waals surface area contributed by atoms with Crippen molar-refractivity contribution < 1.29 is 9.84 Å². The van der Waals surface area contributed by atoms with Crippen molar-refractivity contribution in [2.45, 2.75) is 12.8 Å². The number of aliphatic hydroxyl groups is 1. The molecule has 0 spiro atoms. The Morgan fingerprint density at radius 2 is 2.12 bits per heavy atom. The summed E-state index contributed by atoms with van der Waals surface area (Å²) in [7, 11) is 1.57. The average molecular weight is 278 g/mol. The Kier molecular flexibility index (Phi) is 6.06. The van der Waals surface area contributed by atoms with Gasteiger partial charge in [-0.3, -0.25) is 0 Å². The van der Waals surface area contributed by atoms with Gasteiger partial charge in [-0.25, -0.2) is 0 Å². The van der Waals surface area contributed by atoms with E-state index in [1.807, 2.05) is 6.07 Å². The average Bonchev–Trinajstić information content (AvgIpc) is 2.29. The molecular formula is C12H17Cl2NO2. The van der Waals surface area contributed by atoms with E-state index in [4.69, 9.17) is 38.8 Å². The van der Waals surface area contributed by atoms with Gasteiger partial charge in [0.25, 0.3) is 0 Å². The summed E-state index contributed by atoms with van der Waals surface area (Å²) in [6, 6.07) is 3.48. The number of aliphatic hydroxyl groups excluding tert-OH is 1. The van der Waals surface area contributed by atoms with Gasteiger partial charge in [-0.15, -0.1) is 0 Å². The number of halogens is 2. The summed E-state index contributed by atoms with van der Waals surface area (Å²) in [6.45, 7) is 0.556. The van der Waals surface area contributed by atoms with E-state index >= 15 is 0 Å². The minimum absolute atomic E-state index is 0.0904. The third kappa shape index (κ3) is 4.03. The molecule has 1 aromatic carbocycles. The predicted octanol–water partition coefficient (Wildman–Crippen LogP) is 2.50. The number of nitrogens with two attached hydrogens (primary N) is 1. The van der Waals surface area contributed by atoms with Crippen LogP contribution in [0.25, 0.3) is 0 Å². The van der Waals surface area contributed by atoms with Crippen LogP contribution < -0.4 is 10.5 Å². The van der Waals surface area contributed by atoms with Gasteiger partial charge in [0.1, 0.15) is 5.75 Å². The van der Waals surface area contributed by atoms with Crippen molar-refractivity contribution in [3.63, 3.8) is 0 Å². The Morgan fingerprint density at radius 1 is 1.41 bits per heavy atom. The lowest BCUT2D eigenvalue weighted by atomic mass is 9.99. The zero-order chi connectivity index (χ0) is 12.8. The van der Waals surface area contributed by atoms with Crippen LogP contribution in [0.1, 0.15) is 12.0 Å². The van der Waals surface area contributed by atoms with Gasteiger partial charge in [0.2, 0.25) is 0 Å². The van der Waals surface area contributed by atoms with E-state index in [1.54, 1.807) is 13.2 Å². The Labute approximate surface area is 111 Å². The molecule has 1 unspecified atom stereocenters. The van der Waals surface area contributed by atoms with Gasteiger partial charge in [-0.1, -0.05) is 23.2 Å². The molecule has 5 heteroatoms. The predicted molar refractivity (Wildman–Crippen MR) is 71.0 cm³/mol. The molecule has 0 saturated carbocycles. The van der Waals surface area contributed by atoms with Crippen molar-refractivity contribution in [1.82, 2.24) is 0 Å². The van der Waals surface area contributed by atoms with Crippen molar-refractivity contribution in [2.24, 2.45) is 11.7 Å². The Hall–Kier alpha value is -0.480. The molecule has 96 valence electrons. The lowest BCUT2D eigenvalue weighted by Gasteiger charge is -2.14. The molecule has 3 nitrogen and oxygen atoms in total. The van der Waals surface area contributed by atoms with Crippen LogP contribution in [0.5, 0.6) is 5.75 Å². The lowest BCUT2D eigenvalue weighted by molar-refractivity contribution is 0.223. The SMILES string of the molecule is COc1c(Cl)cc(Cl)cc1CCC(CN)CO. The summed E-state index contributed by atoms with van der Waals surface area (Å²) in [6.07, 6.45) is 1.51. The van der Waals surface area contributed by atoms with Crippen LogP contribution in [0.2, 0.25) is 10.0 Å². The Bertz CT molecular complexity index is 368. The maximum Gasteiger partial charge on any atom is 0.140 e. The molecule has 0 saturated heterocycles. The van der Waals surface area contributed by atoms with E-state index in [1.165, 1.54) is 0 Å². The fourth-order valence-corrected chi connectivity index (χ4v) is 2.28. The highest BCUT2D eigenvalue weighted by Gasteiger charge is 2.12. The van der Waals surface area contributed by atoms with E-state index in [2.05, 4.69) is 0 Å². The van der Waals surface area contributed by atoms with Crippen LogP contribution in [0.15, 0.2) is 12.1 Å². The van der Waals surface area contributed by atoms with Crippen molar-refractivity contribution in [1.29, 1.82) is 0 Å². The first kappa shape index (κ1) is 14.6. The number of methoxy groups -OCH3 is 1. The first-order chi connectivity index (χ1) is 8.12. The highest BCUT2D eigenvalue weighted by Crippen LogP contribution is 2.33. The molecular weight excluding hydrogens is 261 g/mol. The van der Waals surface area contributed by atoms with Crippen LogP contribution in [0, 0.1) is 5.92 Å². The second-order valence-electron chi connectivity index (χ2n) is 3.90. The highest BCUT2D eigenvalue weighted by molar-refractivity contribution is 6.35. The van der Waals surface area contributed by atoms with E-state index in [0.717, 1.165) is 18.4 Å². The van der Waals surface area contributed by atoms with Crippen molar-refractivity contribution in [3.05, 3.63) is 27.7 Å². The summed E-state index contributed by atoms with van der Waals surface area (Å²) in [5.41, 5.74) is 6.48. The van der Waals surface area contributed by atoms with Crippen LogP contribution in [0.4, 0.5) is 0 Å². The molecule has 17 heavy (non-hydrogen) atoms. The van der Waals surface area contributed by atoms with E-state index in [0.29, 0.717) is 22.3 Å². The summed E-state index contributed by atoms with van der Waals surface area (Å²) in [5, 5.41) is 10.2. The Balaban J connectivity index is 2.82. The summed E-state index contributed by atoms with van der Waals surface area (Å²) >= 11 is 12.0. The number of hydrogen-bond acceptors (Lipinski definition) is 3. The fraction of sp³-hybridized carbons (Fsp3) is 0.500. The summed E-state index contributed by atoms with van der Waals surface area (Å²) in [4.78, 5) is 0. The van der Waals surface area contributed by atoms with Gasteiger partial charge in [0.05, 0.1) is 12.1 Å². The largest absolute Gasteiger partial charge is 0.495 e. The molecule has 0 bridgehead atoms. The zero-order valence-corrected chi connectivity index (χ0v) is 11.3. The number of aryl methyl sites for hydroxylation is 1. The van der Waals surface area contributed by atoms with E-state index in [9.17, 15) is 0 Å². The molecule has 0 aliphatic carbocycles. The lowest BCUT2D eigenvalue weighted by Crippen LogP contribution is -2.18. The van der Waals surface area contributed by atoms with Gasteiger partial charge in [-0.05, 0) is 43.0 Å². The van der Waals surface area contributed by atoms with E-state index < -0.39 is 0 Å². The second-order valence-corrected chi connectivity index (χ2v) is 4.75. The van der Waals surface area contributed by atoms with Crippen LogP contribution in [-0.2, 0) is 6.42 Å². The number of hydrogen-bond donors (Lipinski definition) is 2. The number of benzene rings is 1. The van der Waals surface area contributed by atoms with Gasteiger partial charge >= 0.3 is 0 Å².